The number of halogens is 3. The number of hydrogen-bond donors (Lipinski definition) is 2. The number of anilines is 1. The number of hydrogen-bond acceptors (Lipinski definition) is 9. The number of amides is 1. The summed E-state index contributed by atoms with van der Waals surface area (Å²) in [5.74, 6) is -0.107. The highest BCUT2D eigenvalue weighted by Crippen LogP contribution is 2.32. The molecular weight excluding hydrogens is 575 g/mol. The number of benzene rings is 2. The third-order valence-electron chi connectivity index (χ3n) is 6.85. The van der Waals surface area contributed by atoms with E-state index in [0.29, 0.717) is 12.0 Å². The van der Waals surface area contributed by atoms with Gasteiger partial charge in [0.2, 0.25) is 5.95 Å². The second kappa shape index (κ2) is 12.7. The average molecular weight is 604 g/mol. The molecule has 1 aromatic heterocycles. The van der Waals surface area contributed by atoms with E-state index in [0.717, 1.165) is 12.1 Å². The zero-order valence-electron chi connectivity index (χ0n) is 22.5. The molecule has 0 unspecified atom stereocenters. The number of aliphatic hydroxyl groups is 1. The van der Waals surface area contributed by atoms with Crippen molar-refractivity contribution in [2.75, 3.05) is 23.8 Å². The number of aliphatic hydroxyl groups excluding tert-OH is 1. The van der Waals surface area contributed by atoms with Crippen LogP contribution in [0.2, 0.25) is 0 Å². The largest absolute Gasteiger partial charge is 0.489 e. The van der Waals surface area contributed by atoms with Crippen molar-refractivity contribution < 1.29 is 36.2 Å². The Hall–Kier alpha value is -4.22. The first kappa shape index (κ1) is 30.7. The average Bonchev–Trinajstić information content (AvgIpc) is 3.37. The number of alkyl halides is 3. The molecule has 1 aliphatic rings. The van der Waals surface area contributed by atoms with E-state index in [9.17, 15) is 36.8 Å². The van der Waals surface area contributed by atoms with Gasteiger partial charge in [-0.15, -0.1) is 0 Å². The molecule has 1 aliphatic heterocycles. The van der Waals surface area contributed by atoms with Gasteiger partial charge in [-0.3, -0.25) is 4.79 Å². The molecule has 0 bridgehead atoms. The molecule has 1 fully saturated rings. The summed E-state index contributed by atoms with van der Waals surface area (Å²) in [5.41, 5.74) is -0.168. The molecule has 3 atom stereocenters. The van der Waals surface area contributed by atoms with Gasteiger partial charge in [0.05, 0.1) is 53.5 Å². The number of nitrogens with zero attached hydrogens (tertiary/aromatic N) is 4. The van der Waals surface area contributed by atoms with E-state index >= 15 is 0 Å². The second-order valence-electron chi connectivity index (χ2n) is 9.62. The zero-order chi connectivity index (χ0) is 30.5. The third kappa shape index (κ3) is 7.15. The highest BCUT2D eigenvalue weighted by Gasteiger charge is 2.35. The Morgan fingerprint density at radius 3 is 2.36 bits per heavy atom. The Morgan fingerprint density at radius 1 is 1.17 bits per heavy atom. The molecular formula is C28H28F3N5O5S. The minimum Gasteiger partial charge on any atom is -0.489 e. The molecule has 2 heterocycles. The van der Waals surface area contributed by atoms with Crippen molar-refractivity contribution in [3.8, 4) is 11.8 Å². The maximum absolute atomic E-state index is 12.9. The van der Waals surface area contributed by atoms with E-state index in [4.69, 9.17) is 4.74 Å². The maximum Gasteiger partial charge on any atom is 0.416 e. The van der Waals surface area contributed by atoms with Crippen molar-refractivity contribution in [1.29, 1.82) is 5.26 Å². The lowest BCUT2D eigenvalue weighted by atomic mass is 10.1. The fourth-order valence-electron chi connectivity index (χ4n) is 4.55. The molecule has 2 aromatic carbocycles. The Bertz CT molecular complexity index is 1530. The molecule has 0 saturated carbocycles. The number of nitrogens with one attached hydrogen (secondary N) is 1. The van der Waals surface area contributed by atoms with Crippen molar-refractivity contribution in [1.82, 2.24) is 15.3 Å². The Morgan fingerprint density at radius 2 is 1.81 bits per heavy atom. The number of ether oxygens (including phenoxy) is 1. The minimum absolute atomic E-state index is 0.0516. The van der Waals surface area contributed by atoms with Crippen LogP contribution in [0.1, 0.15) is 47.3 Å². The first-order valence-corrected chi connectivity index (χ1v) is 14.6. The number of rotatable bonds is 10. The van der Waals surface area contributed by atoms with E-state index < -0.39 is 46.2 Å². The van der Waals surface area contributed by atoms with Crippen LogP contribution in [0.5, 0.6) is 5.75 Å². The lowest BCUT2D eigenvalue weighted by Crippen LogP contribution is -2.33. The number of carbonyl (C=O) groups excluding carboxylic acids is 1. The van der Waals surface area contributed by atoms with Gasteiger partial charge in [-0.05, 0) is 42.0 Å². The van der Waals surface area contributed by atoms with Gasteiger partial charge in [0.15, 0.2) is 9.84 Å². The minimum atomic E-state index is -4.45. The van der Waals surface area contributed by atoms with Crippen LogP contribution in [0.4, 0.5) is 19.1 Å². The molecule has 42 heavy (non-hydrogen) atoms. The number of aromatic nitrogens is 2. The van der Waals surface area contributed by atoms with Crippen molar-refractivity contribution in [2.24, 2.45) is 0 Å². The third-order valence-corrected chi connectivity index (χ3v) is 8.60. The summed E-state index contributed by atoms with van der Waals surface area (Å²) in [6.07, 6.45) is -1.74. The fourth-order valence-corrected chi connectivity index (χ4v) is 5.44. The van der Waals surface area contributed by atoms with Gasteiger partial charge in [-0.2, -0.15) is 18.4 Å². The van der Waals surface area contributed by atoms with Gasteiger partial charge in [-0.25, -0.2) is 18.4 Å². The number of carbonyl (C=O) groups is 1. The van der Waals surface area contributed by atoms with Gasteiger partial charge in [0, 0.05) is 24.9 Å². The topological polar surface area (TPSA) is 146 Å². The molecule has 0 aliphatic carbocycles. The Kier molecular flexibility index (Phi) is 9.33. The SMILES string of the molecule is CCS(=O)(=O)c1ccc([C@H](CO)NC(=O)c2cnc(N3C[C@H](Oc4ccc(C(F)(F)F)cc4)C[C@H]3CC#N)nc2)cc1. The number of nitriles is 1. The van der Waals surface area contributed by atoms with E-state index in [1.807, 2.05) is 0 Å². The molecule has 4 rings (SSSR count). The normalized spacial score (nSPS) is 17.9. The molecule has 3 aromatic rings. The van der Waals surface area contributed by atoms with Crippen LogP contribution in [0.15, 0.2) is 65.8 Å². The van der Waals surface area contributed by atoms with Crippen molar-refractivity contribution in [3.05, 3.63) is 77.6 Å². The van der Waals surface area contributed by atoms with Crippen LogP contribution in [-0.4, -0.2) is 60.4 Å². The van der Waals surface area contributed by atoms with Gasteiger partial charge < -0.3 is 20.1 Å². The monoisotopic (exact) mass is 603 g/mol. The van der Waals surface area contributed by atoms with Gasteiger partial charge >= 0.3 is 6.18 Å². The van der Waals surface area contributed by atoms with Crippen LogP contribution < -0.4 is 15.0 Å². The standard InChI is InChI=1S/C28H28F3N5O5S/c1-2-42(39,40)24-9-3-18(4-10-24)25(17-37)35-26(38)19-14-33-27(34-15-19)36-16-23(13-21(36)11-12-32)41-22-7-5-20(6-8-22)28(29,30)31/h3-10,14-15,21,23,25,37H,2,11,13,16-17H2,1H3,(H,35,38)/t21-,23-,25+/m1/s1. The van der Waals surface area contributed by atoms with Crippen molar-refractivity contribution in [3.63, 3.8) is 0 Å². The van der Waals surface area contributed by atoms with Crippen LogP contribution in [0.3, 0.4) is 0 Å². The molecule has 10 nitrogen and oxygen atoms in total. The predicted molar refractivity (Wildman–Crippen MR) is 145 cm³/mol. The van der Waals surface area contributed by atoms with Crippen LogP contribution in [-0.2, 0) is 16.0 Å². The quantitative estimate of drug-likeness (QED) is 0.354. The second-order valence-corrected chi connectivity index (χ2v) is 11.9. The van der Waals surface area contributed by atoms with Gasteiger partial charge in [0.1, 0.15) is 11.9 Å². The molecule has 2 N–H and O–H groups in total. The molecule has 0 radical (unpaired) electrons. The summed E-state index contributed by atoms with van der Waals surface area (Å²) in [5, 5.41) is 21.8. The van der Waals surface area contributed by atoms with E-state index in [-0.39, 0.29) is 46.9 Å². The summed E-state index contributed by atoms with van der Waals surface area (Å²) in [6, 6.07) is 11.2. The molecule has 14 heteroatoms. The lowest BCUT2D eigenvalue weighted by molar-refractivity contribution is -0.137. The van der Waals surface area contributed by atoms with E-state index in [1.54, 1.807) is 4.90 Å². The predicted octanol–water partition coefficient (Wildman–Crippen LogP) is 3.69. The Labute approximate surface area is 240 Å². The smallest absolute Gasteiger partial charge is 0.416 e. The fraction of sp³-hybridized carbons (Fsp3) is 0.357. The summed E-state index contributed by atoms with van der Waals surface area (Å²) < 4.78 is 68.5. The summed E-state index contributed by atoms with van der Waals surface area (Å²) >= 11 is 0. The van der Waals surface area contributed by atoms with Crippen LogP contribution >= 0.6 is 0 Å². The highest BCUT2D eigenvalue weighted by molar-refractivity contribution is 7.91. The highest BCUT2D eigenvalue weighted by atomic mass is 32.2. The van der Waals surface area contributed by atoms with Crippen LogP contribution in [0, 0.1) is 11.3 Å². The first-order chi connectivity index (χ1) is 19.9. The van der Waals surface area contributed by atoms with Gasteiger partial charge in [0.25, 0.3) is 5.91 Å². The van der Waals surface area contributed by atoms with Crippen molar-refractivity contribution in [2.45, 2.75) is 49.0 Å². The molecule has 222 valence electrons. The van der Waals surface area contributed by atoms with Gasteiger partial charge in [-0.1, -0.05) is 19.1 Å². The summed E-state index contributed by atoms with van der Waals surface area (Å²) in [6.45, 7) is 1.37. The molecule has 1 amide bonds. The number of sulfone groups is 1. The Balaban J connectivity index is 1.42. The zero-order valence-corrected chi connectivity index (χ0v) is 23.3. The first-order valence-electron chi connectivity index (χ1n) is 13.0. The maximum atomic E-state index is 12.9. The van der Waals surface area contributed by atoms with E-state index in [1.165, 1.54) is 55.7 Å². The molecule has 0 spiro atoms. The summed E-state index contributed by atoms with van der Waals surface area (Å²) in [4.78, 5) is 23.3. The van der Waals surface area contributed by atoms with E-state index in [2.05, 4.69) is 21.4 Å². The van der Waals surface area contributed by atoms with Crippen LogP contribution in [0.25, 0.3) is 0 Å². The van der Waals surface area contributed by atoms with Crippen molar-refractivity contribution >= 4 is 21.7 Å². The lowest BCUT2D eigenvalue weighted by Gasteiger charge is -2.22. The summed E-state index contributed by atoms with van der Waals surface area (Å²) in [7, 11) is -3.39. The molecule has 1 saturated heterocycles.